The highest BCUT2D eigenvalue weighted by atomic mass is 19.1. The van der Waals surface area contributed by atoms with Gasteiger partial charge in [-0.25, -0.2) is 14.0 Å². The fourth-order valence-corrected chi connectivity index (χ4v) is 2.79. The van der Waals surface area contributed by atoms with Crippen molar-refractivity contribution in [2.75, 3.05) is 27.4 Å². The first-order chi connectivity index (χ1) is 13.1. The van der Waals surface area contributed by atoms with Crippen molar-refractivity contribution in [1.82, 2.24) is 0 Å². The Morgan fingerprint density at radius 1 is 0.778 bits per heavy atom. The van der Waals surface area contributed by atoms with Crippen molar-refractivity contribution in [3.8, 4) is 11.5 Å². The summed E-state index contributed by atoms with van der Waals surface area (Å²) < 4.78 is 35.1. The van der Waals surface area contributed by atoms with Crippen LogP contribution < -0.4 is 9.47 Å². The maximum absolute atomic E-state index is 14.7. The molecule has 3 rings (SSSR count). The zero-order chi connectivity index (χ0) is 19.4. The summed E-state index contributed by atoms with van der Waals surface area (Å²) in [6, 6.07) is 11.5. The Morgan fingerprint density at radius 3 is 1.89 bits per heavy atom. The summed E-state index contributed by atoms with van der Waals surface area (Å²) in [6.07, 6.45) is 0. The summed E-state index contributed by atoms with van der Waals surface area (Å²) in [4.78, 5) is 23.0. The fraction of sp³-hybridized carbons (Fsp3) is 0.200. The van der Waals surface area contributed by atoms with Crippen LogP contribution in [0.2, 0.25) is 0 Å². The van der Waals surface area contributed by atoms with E-state index in [1.54, 1.807) is 30.3 Å². The fourth-order valence-electron chi connectivity index (χ4n) is 2.79. The van der Waals surface area contributed by atoms with Crippen LogP contribution in [-0.2, 0) is 19.1 Å². The molecule has 27 heavy (non-hydrogen) atoms. The molecule has 0 aliphatic heterocycles. The van der Waals surface area contributed by atoms with Gasteiger partial charge in [-0.1, -0.05) is 36.4 Å². The van der Waals surface area contributed by atoms with E-state index in [1.807, 2.05) is 0 Å². The van der Waals surface area contributed by atoms with Crippen molar-refractivity contribution in [3.05, 3.63) is 48.3 Å². The number of hydrogen-bond acceptors (Lipinski definition) is 6. The number of carbonyl (C=O) groups is 2. The SMILES string of the molecule is COC(=O)COc1c2ccccc2c(OCC(=O)OC)c2c(F)cccc12. The molecule has 3 aromatic rings. The number of carbonyl (C=O) groups excluding carboxylic acids is 2. The minimum absolute atomic E-state index is 0.153. The first-order valence-corrected chi connectivity index (χ1v) is 8.09. The average molecular weight is 372 g/mol. The minimum atomic E-state index is -0.588. The number of hydrogen-bond donors (Lipinski definition) is 0. The smallest absolute Gasteiger partial charge is 0.343 e. The first kappa shape index (κ1) is 18.4. The maximum Gasteiger partial charge on any atom is 0.343 e. The molecule has 0 radical (unpaired) electrons. The topological polar surface area (TPSA) is 71.1 Å². The van der Waals surface area contributed by atoms with Gasteiger partial charge >= 0.3 is 11.9 Å². The summed E-state index contributed by atoms with van der Waals surface area (Å²) in [5, 5.41) is 1.72. The van der Waals surface area contributed by atoms with Gasteiger partial charge in [0.2, 0.25) is 0 Å². The molecular formula is C20H17FO6. The number of methoxy groups -OCH3 is 2. The molecule has 0 N–H and O–H groups in total. The third-order valence-corrected chi connectivity index (χ3v) is 4.03. The number of ether oxygens (including phenoxy) is 4. The predicted molar refractivity (Wildman–Crippen MR) is 96.4 cm³/mol. The predicted octanol–water partition coefficient (Wildman–Crippen LogP) is 3.24. The van der Waals surface area contributed by atoms with Crippen LogP contribution in [0.15, 0.2) is 42.5 Å². The average Bonchev–Trinajstić information content (AvgIpc) is 2.70. The molecule has 140 valence electrons. The third-order valence-electron chi connectivity index (χ3n) is 4.03. The van der Waals surface area contributed by atoms with Crippen molar-refractivity contribution in [2.24, 2.45) is 0 Å². The van der Waals surface area contributed by atoms with Crippen LogP contribution in [0.25, 0.3) is 21.5 Å². The maximum atomic E-state index is 14.7. The highest BCUT2D eigenvalue weighted by Gasteiger charge is 2.20. The quantitative estimate of drug-likeness (QED) is 0.489. The Hall–Kier alpha value is -3.35. The molecule has 0 atom stereocenters. The van der Waals surface area contributed by atoms with Gasteiger partial charge in [0, 0.05) is 16.2 Å². The normalized spacial score (nSPS) is 10.6. The number of rotatable bonds is 6. The lowest BCUT2D eigenvalue weighted by molar-refractivity contribution is -0.143. The van der Waals surface area contributed by atoms with E-state index in [9.17, 15) is 14.0 Å². The number of benzene rings is 3. The lowest BCUT2D eigenvalue weighted by Gasteiger charge is -2.17. The van der Waals surface area contributed by atoms with Crippen LogP contribution in [0.3, 0.4) is 0 Å². The Labute approximate surface area is 154 Å². The number of esters is 2. The summed E-state index contributed by atoms with van der Waals surface area (Å²) in [6.45, 7) is -0.694. The highest BCUT2D eigenvalue weighted by molar-refractivity contribution is 6.11. The van der Waals surface area contributed by atoms with Gasteiger partial charge in [-0.3, -0.25) is 0 Å². The standard InChI is InChI=1S/C20H17FO6/c1-24-16(22)10-26-19-12-6-3-4-7-13(12)20(27-11-17(23)25-2)18-14(19)8-5-9-15(18)21/h3-9H,10-11H2,1-2H3. The van der Waals surface area contributed by atoms with Crippen molar-refractivity contribution in [1.29, 1.82) is 0 Å². The second-order valence-electron chi connectivity index (χ2n) is 5.60. The van der Waals surface area contributed by atoms with Gasteiger partial charge in [-0.2, -0.15) is 0 Å². The van der Waals surface area contributed by atoms with E-state index in [2.05, 4.69) is 9.47 Å². The monoisotopic (exact) mass is 372 g/mol. The van der Waals surface area contributed by atoms with Crippen LogP contribution in [0.4, 0.5) is 4.39 Å². The second-order valence-corrected chi connectivity index (χ2v) is 5.60. The van der Waals surface area contributed by atoms with E-state index < -0.39 is 17.8 Å². The Balaban J connectivity index is 2.24. The first-order valence-electron chi connectivity index (χ1n) is 8.09. The molecule has 0 bridgehead atoms. The Kier molecular flexibility index (Phi) is 5.40. The van der Waals surface area contributed by atoms with Crippen molar-refractivity contribution in [3.63, 3.8) is 0 Å². The van der Waals surface area contributed by atoms with Gasteiger partial charge in [0.05, 0.1) is 19.6 Å². The molecule has 0 saturated carbocycles. The molecule has 0 fully saturated rings. The second kappa shape index (κ2) is 7.90. The lowest BCUT2D eigenvalue weighted by Crippen LogP contribution is -2.14. The number of fused-ring (bicyclic) bond motifs is 2. The Morgan fingerprint density at radius 2 is 1.30 bits per heavy atom. The van der Waals surface area contributed by atoms with Crippen LogP contribution in [0.1, 0.15) is 0 Å². The molecule has 0 amide bonds. The van der Waals surface area contributed by atoms with E-state index in [0.717, 1.165) is 0 Å². The minimum Gasteiger partial charge on any atom is -0.481 e. The molecule has 0 aromatic heterocycles. The van der Waals surface area contributed by atoms with E-state index >= 15 is 0 Å². The van der Waals surface area contributed by atoms with E-state index in [4.69, 9.17) is 9.47 Å². The van der Waals surface area contributed by atoms with Crippen molar-refractivity contribution < 1.29 is 32.9 Å². The van der Waals surface area contributed by atoms with Crippen LogP contribution in [-0.4, -0.2) is 39.4 Å². The van der Waals surface area contributed by atoms with E-state index in [1.165, 1.54) is 26.4 Å². The summed E-state index contributed by atoms with van der Waals surface area (Å²) in [7, 11) is 2.50. The molecule has 0 unspecified atom stereocenters. The van der Waals surface area contributed by atoms with Gasteiger partial charge in [-0.05, 0) is 6.07 Å². The lowest BCUT2D eigenvalue weighted by atomic mass is 10.00. The van der Waals surface area contributed by atoms with E-state index in [-0.39, 0.29) is 24.3 Å². The van der Waals surface area contributed by atoms with Crippen molar-refractivity contribution >= 4 is 33.5 Å². The van der Waals surface area contributed by atoms with Gasteiger partial charge in [-0.15, -0.1) is 0 Å². The van der Waals surface area contributed by atoms with Crippen molar-refractivity contribution in [2.45, 2.75) is 0 Å². The van der Waals surface area contributed by atoms with E-state index in [0.29, 0.717) is 21.9 Å². The summed E-state index contributed by atoms with van der Waals surface area (Å²) >= 11 is 0. The molecule has 0 spiro atoms. The van der Waals surface area contributed by atoms with Gasteiger partial charge < -0.3 is 18.9 Å². The third kappa shape index (κ3) is 3.62. The summed E-state index contributed by atoms with van der Waals surface area (Å²) in [5.74, 6) is -1.16. The highest BCUT2D eigenvalue weighted by Crippen LogP contribution is 2.43. The van der Waals surface area contributed by atoms with Gasteiger partial charge in [0.1, 0.15) is 17.3 Å². The molecule has 0 aliphatic rings. The molecule has 0 aliphatic carbocycles. The summed E-state index contributed by atoms with van der Waals surface area (Å²) in [5.41, 5.74) is 0. The number of halogens is 1. The van der Waals surface area contributed by atoms with Gasteiger partial charge in [0.15, 0.2) is 13.2 Å². The molecular weight excluding hydrogens is 355 g/mol. The molecule has 0 saturated heterocycles. The Bertz CT molecular complexity index is 1010. The molecule has 0 heterocycles. The van der Waals surface area contributed by atoms with Crippen LogP contribution >= 0.6 is 0 Å². The molecule has 6 nitrogen and oxygen atoms in total. The molecule has 3 aromatic carbocycles. The zero-order valence-electron chi connectivity index (χ0n) is 14.8. The zero-order valence-corrected chi connectivity index (χ0v) is 14.8. The van der Waals surface area contributed by atoms with Gasteiger partial charge in [0.25, 0.3) is 0 Å². The molecule has 7 heteroatoms. The largest absolute Gasteiger partial charge is 0.481 e. The van der Waals surface area contributed by atoms with Crippen LogP contribution in [0.5, 0.6) is 11.5 Å². The van der Waals surface area contributed by atoms with Crippen LogP contribution in [0, 0.1) is 5.82 Å².